The number of benzene rings is 2. The van der Waals surface area contributed by atoms with Gasteiger partial charge < -0.3 is 14.5 Å². The van der Waals surface area contributed by atoms with Crippen molar-refractivity contribution in [3.8, 4) is 5.75 Å². The Labute approximate surface area is 176 Å². The zero-order valence-corrected chi connectivity index (χ0v) is 17.4. The smallest absolute Gasteiger partial charge is 0.243 e. The summed E-state index contributed by atoms with van der Waals surface area (Å²) in [6, 6.07) is 16.9. The molecular formula is C24H27N3O3. The molecule has 1 aliphatic carbocycles. The van der Waals surface area contributed by atoms with Crippen LogP contribution in [-0.2, 0) is 4.79 Å². The molecule has 0 saturated heterocycles. The predicted octanol–water partition coefficient (Wildman–Crippen LogP) is 4.57. The van der Waals surface area contributed by atoms with Gasteiger partial charge >= 0.3 is 0 Å². The molecule has 0 aliphatic heterocycles. The average molecular weight is 405 g/mol. The summed E-state index contributed by atoms with van der Waals surface area (Å²) >= 11 is 0. The van der Waals surface area contributed by atoms with Crippen molar-refractivity contribution in [1.29, 1.82) is 0 Å². The van der Waals surface area contributed by atoms with E-state index in [1.807, 2.05) is 61.5 Å². The van der Waals surface area contributed by atoms with Crippen LogP contribution in [0.4, 0.5) is 0 Å². The minimum Gasteiger partial charge on any atom is -0.493 e. The van der Waals surface area contributed by atoms with E-state index in [0.29, 0.717) is 17.7 Å². The van der Waals surface area contributed by atoms with Crippen molar-refractivity contribution in [2.24, 2.45) is 5.92 Å². The van der Waals surface area contributed by atoms with Gasteiger partial charge in [-0.15, -0.1) is 10.2 Å². The second-order valence-corrected chi connectivity index (χ2v) is 7.91. The van der Waals surface area contributed by atoms with Gasteiger partial charge in [0, 0.05) is 6.92 Å². The lowest BCUT2D eigenvalue weighted by Crippen LogP contribution is -2.32. The van der Waals surface area contributed by atoms with E-state index >= 15 is 0 Å². The number of rotatable bonds is 8. The van der Waals surface area contributed by atoms with Crippen LogP contribution in [0, 0.1) is 12.8 Å². The molecule has 0 spiro atoms. The van der Waals surface area contributed by atoms with Gasteiger partial charge in [-0.3, -0.25) is 4.79 Å². The van der Waals surface area contributed by atoms with Crippen LogP contribution in [0.3, 0.4) is 0 Å². The van der Waals surface area contributed by atoms with Gasteiger partial charge in [0.05, 0.1) is 12.5 Å². The molecule has 2 aromatic carbocycles. The van der Waals surface area contributed by atoms with Gasteiger partial charge in [-0.05, 0) is 48.9 Å². The molecule has 1 aliphatic rings. The third-order valence-corrected chi connectivity index (χ3v) is 5.69. The van der Waals surface area contributed by atoms with E-state index in [-0.39, 0.29) is 11.8 Å². The molecule has 2 atom stereocenters. The first-order valence-corrected chi connectivity index (χ1v) is 10.5. The summed E-state index contributed by atoms with van der Waals surface area (Å²) in [5.41, 5.74) is 1.82. The minimum absolute atomic E-state index is 0.104. The van der Waals surface area contributed by atoms with Gasteiger partial charge in [0.2, 0.25) is 17.7 Å². The fourth-order valence-corrected chi connectivity index (χ4v) is 3.51. The van der Waals surface area contributed by atoms with E-state index in [1.54, 1.807) is 6.92 Å². The number of hydrogen-bond acceptors (Lipinski definition) is 5. The maximum Gasteiger partial charge on any atom is 0.243 e. The summed E-state index contributed by atoms with van der Waals surface area (Å²) in [4.78, 5) is 13.0. The van der Waals surface area contributed by atoms with Crippen molar-refractivity contribution < 1.29 is 13.9 Å². The van der Waals surface area contributed by atoms with E-state index in [4.69, 9.17) is 9.15 Å². The van der Waals surface area contributed by atoms with Gasteiger partial charge in [0.15, 0.2) is 0 Å². The zero-order chi connectivity index (χ0) is 20.9. The molecular weight excluding hydrogens is 378 g/mol. The first-order valence-electron chi connectivity index (χ1n) is 10.5. The third-order valence-electron chi connectivity index (χ3n) is 5.69. The maximum atomic E-state index is 13.0. The highest BCUT2D eigenvalue weighted by Crippen LogP contribution is 2.28. The maximum absolute atomic E-state index is 13.0. The number of carbonyl (C=O) groups excluding carboxylic acids is 1. The molecule has 4 rings (SSSR count). The van der Waals surface area contributed by atoms with Crippen LogP contribution in [-0.4, -0.2) is 22.7 Å². The van der Waals surface area contributed by atoms with E-state index in [9.17, 15) is 4.79 Å². The second-order valence-electron chi connectivity index (χ2n) is 7.91. The number of amides is 1. The highest BCUT2D eigenvalue weighted by molar-refractivity contribution is 5.83. The SMILES string of the molecule is Cc1nnc([C@H](NC(=O)[C@@H](C)c2ccccc2)c2ccc(OCC3CCC3)cc2)o1. The van der Waals surface area contributed by atoms with Crippen molar-refractivity contribution in [3.05, 3.63) is 77.5 Å². The fourth-order valence-electron chi connectivity index (χ4n) is 3.51. The molecule has 1 saturated carbocycles. The lowest BCUT2D eigenvalue weighted by Gasteiger charge is -2.25. The van der Waals surface area contributed by atoms with E-state index in [0.717, 1.165) is 23.5 Å². The first kappa shape index (κ1) is 20.1. The van der Waals surface area contributed by atoms with Crippen molar-refractivity contribution in [3.63, 3.8) is 0 Å². The fraction of sp³-hybridized carbons (Fsp3) is 0.375. The van der Waals surface area contributed by atoms with Crippen molar-refractivity contribution >= 4 is 5.91 Å². The molecule has 1 fully saturated rings. The summed E-state index contributed by atoms with van der Waals surface area (Å²) < 4.78 is 11.5. The van der Waals surface area contributed by atoms with Crippen LogP contribution in [0.2, 0.25) is 0 Å². The number of carbonyl (C=O) groups is 1. The van der Waals surface area contributed by atoms with Gasteiger partial charge in [0.25, 0.3) is 0 Å². The van der Waals surface area contributed by atoms with Gasteiger partial charge in [-0.1, -0.05) is 48.9 Å². The Hall–Kier alpha value is -3.15. The van der Waals surface area contributed by atoms with Crippen molar-refractivity contribution in [2.75, 3.05) is 6.61 Å². The Morgan fingerprint density at radius 1 is 1.10 bits per heavy atom. The predicted molar refractivity (Wildman–Crippen MR) is 113 cm³/mol. The molecule has 1 heterocycles. The molecule has 1 N–H and O–H groups in total. The monoisotopic (exact) mass is 405 g/mol. The first-order chi connectivity index (χ1) is 14.6. The summed E-state index contributed by atoms with van der Waals surface area (Å²) in [5.74, 6) is 1.92. The number of aromatic nitrogens is 2. The van der Waals surface area contributed by atoms with E-state index in [1.165, 1.54) is 19.3 Å². The quantitative estimate of drug-likeness (QED) is 0.594. The lowest BCUT2D eigenvalue weighted by atomic mass is 9.86. The summed E-state index contributed by atoms with van der Waals surface area (Å²) in [6.45, 7) is 4.38. The van der Waals surface area contributed by atoms with Gasteiger partial charge in [-0.25, -0.2) is 0 Å². The Balaban J connectivity index is 1.50. The van der Waals surface area contributed by atoms with Crippen LogP contribution in [0.15, 0.2) is 59.0 Å². The van der Waals surface area contributed by atoms with E-state index in [2.05, 4.69) is 15.5 Å². The Morgan fingerprint density at radius 2 is 1.83 bits per heavy atom. The number of hydrogen-bond donors (Lipinski definition) is 1. The molecule has 1 aromatic heterocycles. The zero-order valence-electron chi connectivity index (χ0n) is 17.4. The molecule has 6 nitrogen and oxygen atoms in total. The van der Waals surface area contributed by atoms with Crippen LogP contribution >= 0.6 is 0 Å². The summed E-state index contributed by atoms with van der Waals surface area (Å²) in [6.07, 6.45) is 3.81. The van der Waals surface area contributed by atoms with Crippen molar-refractivity contribution in [2.45, 2.75) is 45.1 Å². The van der Waals surface area contributed by atoms with Crippen LogP contribution in [0.25, 0.3) is 0 Å². The highest BCUT2D eigenvalue weighted by Gasteiger charge is 2.26. The van der Waals surface area contributed by atoms with Gasteiger partial charge in [-0.2, -0.15) is 0 Å². The second kappa shape index (κ2) is 9.11. The molecule has 0 radical (unpaired) electrons. The largest absolute Gasteiger partial charge is 0.493 e. The van der Waals surface area contributed by atoms with Crippen molar-refractivity contribution in [1.82, 2.24) is 15.5 Å². The normalized spacial score (nSPS) is 15.8. The standard InChI is InChI=1S/C24H27N3O3/c1-16(19-9-4-3-5-10-19)23(28)25-22(24-27-26-17(2)30-24)20-11-13-21(14-12-20)29-15-18-7-6-8-18/h3-5,9-14,16,18,22H,6-8,15H2,1-2H3,(H,25,28)/t16-,22+/m0/s1. The van der Waals surface area contributed by atoms with E-state index < -0.39 is 6.04 Å². The summed E-state index contributed by atoms with van der Waals surface area (Å²) in [7, 11) is 0. The summed E-state index contributed by atoms with van der Waals surface area (Å²) in [5, 5.41) is 11.2. The van der Waals surface area contributed by atoms with Crippen LogP contribution in [0.5, 0.6) is 5.75 Å². The average Bonchev–Trinajstić information content (AvgIpc) is 3.17. The molecule has 0 bridgehead atoms. The number of nitrogens with one attached hydrogen (secondary N) is 1. The molecule has 30 heavy (non-hydrogen) atoms. The number of nitrogens with zero attached hydrogens (tertiary/aromatic N) is 2. The molecule has 0 unspecified atom stereocenters. The molecule has 156 valence electrons. The Bertz CT molecular complexity index is 965. The lowest BCUT2D eigenvalue weighted by molar-refractivity contribution is -0.122. The van der Waals surface area contributed by atoms with Gasteiger partial charge in [0.1, 0.15) is 11.8 Å². The minimum atomic E-state index is -0.523. The third kappa shape index (κ3) is 4.70. The highest BCUT2D eigenvalue weighted by atomic mass is 16.5. The van der Waals surface area contributed by atoms with Crippen LogP contribution < -0.4 is 10.1 Å². The Morgan fingerprint density at radius 3 is 2.43 bits per heavy atom. The molecule has 1 amide bonds. The Kier molecular flexibility index (Phi) is 6.12. The van der Waals surface area contributed by atoms with Crippen LogP contribution in [0.1, 0.15) is 61.1 Å². The molecule has 6 heteroatoms. The number of ether oxygens (including phenoxy) is 1. The topological polar surface area (TPSA) is 77.2 Å². The molecule has 3 aromatic rings. The number of aryl methyl sites for hydroxylation is 1.